The van der Waals surface area contributed by atoms with Gasteiger partial charge in [-0.3, -0.25) is 4.90 Å². The van der Waals surface area contributed by atoms with Gasteiger partial charge in [0, 0.05) is 41.6 Å². The van der Waals surface area contributed by atoms with Crippen LogP contribution in [0.4, 0.5) is 0 Å². The molecule has 1 aliphatic heterocycles. The van der Waals surface area contributed by atoms with Gasteiger partial charge >= 0.3 is 0 Å². The molecular formula is C24H30N2. The molecule has 0 saturated carbocycles. The van der Waals surface area contributed by atoms with E-state index in [1.54, 1.807) is 11.3 Å². The van der Waals surface area contributed by atoms with Crippen molar-refractivity contribution >= 4 is 10.9 Å². The van der Waals surface area contributed by atoms with Crippen LogP contribution in [0.1, 0.15) is 47.8 Å². The fraction of sp³-hybridized carbons (Fsp3) is 0.417. The number of rotatable bonds is 3. The van der Waals surface area contributed by atoms with Gasteiger partial charge in [-0.2, -0.15) is 0 Å². The fourth-order valence-corrected chi connectivity index (χ4v) is 4.61. The molecule has 0 N–H and O–H groups in total. The Balaban J connectivity index is 1.80. The quantitative estimate of drug-likeness (QED) is 0.613. The Kier molecular flexibility index (Phi) is 4.40. The SMILES string of the molecule is Cc1cccc(CCn2c3c(c4cc(C)ccc42)C(C)N(C)C(C)C3)c1. The Bertz CT molecular complexity index is 950. The largest absolute Gasteiger partial charge is 0.344 e. The zero-order chi connectivity index (χ0) is 18.4. The van der Waals surface area contributed by atoms with Gasteiger partial charge in [0.05, 0.1) is 0 Å². The molecule has 0 fully saturated rings. The Hall–Kier alpha value is -2.06. The van der Waals surface area contributed by atoms with Crippen molar-refractivity contribution in [2.75, 3.05) is 7.05 Å². The average molecular weight is 347 g/mol. The molecule has 2 nitrogen and oxygen atoms in total. The molecule has 136 valence electrons. The molecule has 1 aliphatic rings. The van der Waals surface area contributed by atoms with Crippen LogP contribution in [0, 0.1) is 13.8 Å². The summed E-state index contributed by atoms with van der Waals surface area (Å²) in [6.07, 6.45) is 2.22. The maximum absolute atomic E-state index is 2.60. The van der Waals surface area contributed by atoms with Crippen LogP contribution in [-0.2, 0) is 19.4 Å². The third-order valence-electron chi connectivity index (χ3n) is 6.29. The summed E-state index contributed by atoms with van der Waals surface area (Å²) in [4.78, 5) is 2.52. The molecule has 2 heterocycles. The zero-order valence-electron chi connectivity index (χ0n) is 16.7. The molecule has 0 aliphatic carbocycles. The van der Waals surface area contributed by atoms with Crippen LogP contribution >= 0.6 is 0 Å². The second-order valence-electron chi connectivity index (χ2n) is 8.17. The lowest BCUT2D eigenvalue weighted by Crippen LogP contribution is -2.38. The molecule has 0 spiro atoms. The number of aromatic nitrogens is 1. The van der Waals surface area contributed by atoms with Gasteiger partial charge in [0.1, 0.15) is 0 Å². The van der Waals surface area contributed by atoms with E-state index in [-0.39, 0.29) is 0 Å². The maximum atomic E-state index is 2.60. The normalized spacial score (nSPS) is 20.5. The number of hydrogen-bond acceptors (Lipinski definition) is 1. The van der Waals surface area contributed by atoms with Crippen LogP contribution in [0.5, 0.6) is 0 Å². The van der Waals surface area contributed by atoms with Crippen LogP contribution in [-0.4, -0.2) is 22.6 Å². The second-order valence-corrected chi connectivity index (χ2v) is 8.17. The molecule has 26 heavy (non-hydrogen) atoms. The van der Waals surface area contributed by atoms with E-state index in [0.717, 1.165) is 19.4 Å². The van der Waals surface area contributed by atoms with Gasteiger partial charge < -0.3 is 4.57 Å². The van der Waals surface area contributed by atoms with Gasteiger partial charge in [-0.1, -0.05) is 41.5 Å². The van der Waals surface area contributed by atoms with E-state index in [4.69, 9.17) is 0 Å². The van der Waals surface area contributed by atoms with Gasteiger partial charge in [0.25, 0.3) is 0 Å². The molecule has 2 unspecified atom stereocenters. The van der Waals surface area contributed by atoms with Crippen LogP contribution in [0.2, 0.25) is 0 Å². The van der Waals surface area contributed by atoms with E-state index in [1.165, 1.54) is 27.6 Å². The van der Waals surface area contributed by atoms with Crippen molar-refractivity contribution in [2.24, 2.45) is 0 Å². The summed E-state index contributed by atoms with van der Waals surface area (Å²) in [5, 5.41) is 1.45. The first-order chi connectivity index (χ1) is 12.5. The summed E-state index contributed by atoms with van der Waals surface area (Å²) in [7, 11) is 2.27. The Morgan fingerprint density at radius 2 is 1.77 bits per heavy atom. The van der Waals surface area contributed by atoms with Gasteiger partial charge in [0.15, 0.2) is 0 Å². The summed E-state index contributed by atoms with van der Waals surface area (Å²) in [6, 6.07) is 17.0. The number of nitrogens with zero attached hydrogens (tertiary/aromatic N) is 2. The zero-order valence-corrected chi connectivity index (χ0v) is 16.7. The maximum Gasteiger partial charge on any atom is 0.0486 e. The Morgan fingerprint density at radius 3 is 2.54 bits per heavy atom. The summed E-state index contributed by atoms with van der Waals surface area (Å²) >= 11 is 0. The molecule has 2 heteroatoms. The fourth-order valence-electron chi connectivity index (χ4n) is 4.61. The number of aryl methyl sites for hydroxylation is 4. The highest BCUT2D eigenvalue weighted by molar-refractivity contribution is 5.87. The minimum Gasteiger partial charge on any atom is -0.344 e. The molecule has 2 atom stereocenters. The molecule has 0 saturated heterocycles. The van der Waals surface area contributed by atoms with Crippen molar-refractivity contribution in [2.45, 2.75) is 59.2 Å². The lowest BCUT2D eigenvalue weighted by Gasteiger charge is -2.37. The molecule has 1 aromatic heterocycles. The first kappa shape index (κ1) is 17.4. The lowest BCUT2D eigenvalue weighted by molar-refractivity contribution is 0.177. The van der Waals surface area contributed by atoms with Crippen molar-refractivity contribution in [1.29, 1.82) is 0 Å². The van der Waals surface area contributed by atoms with E-state index in [1.807, 2.05) is 0 Å². The Morgan fingerprint density at radius 1 is 1.00 bits per heavy atom. The third-order valence-corrected chi connectivity index (χ3v) is 6.29. The van der Waals surface area contributed by atoms with Crippen LogP contribution in [0.25, 0.3) is 10.9 Å². The highest BCUT2D eigenvalue weighted by atomic mass is 15.2. The van der Waals surface area contributed by atoms with Gasteiger partial charge in [-0.05, 0) is 64.4 Å². The van der Waals surface area contributed by atoms with Crippen molar-refractivity contribution in [1.82, 2.24) is 9.47 Å². The van der Waals surface area contributed by atoms with Gasteiger partial charge in [-0.15, -0.1) is 0 Å². The summed E-state index contributed by atoms with van der Waals surface area (Å²) in [6.45, 7) is 10.2. The highest BCUT2D eigenvalue weighted by Crippen LogP contribution is 2.39. The van der Waals surface area contributed by atoms with Crippen LogP contribution in [0.15, 0.2) is 42.5 Å². The van der Waals surface area contributed by atoms with E-state index in [2.05, 4.69) is 86.7 Å². The predicted molar refractivity (Wildman–Crippen MR) is 111 cm³/mol. The van der Waals surface area contributed by atoms with Crippen LogP contribution < -0.4 is 0 Å². The molecule has 4 rings (SSSR count). The first-order valence-electron chi connectivity index (χ1n) is 9.85. The molecule has 3 aromatic rings. The molecule has 0 bridgehead atoms. The van der Waals surface area contributed by atoms with Crippen molar-refractivity contribution < 1.29 is 0 Å². The smallest absolute Gasteiger partial charge is 0.0486 e. The summed E-state index contributed by atoms with van der Waals surface area (Å²) < 4.78 is 2.60. The van der Waals surface area contributed by atoms with E-state index in [9.17, 15) is 0 Å². The first-order valence-corrected chi connectivity index (χ1v) is 9.85. The molecule has 2 aromatic carbocycles. The monoisotopic (exact) mass is 346 g/mol. The number of hydrogen-bond donors (Lipinski definition) is 0. The standard InChI is InChI=1S/C24H30N2/c1-16-7-6-8-20(13-16)11-12-26-22-10-9-17(2)14-21(22)24-19(4)25(5)18(3)15-23(24)26/h6-10,13-14,18-19H,11-12,15H2,1-5H3. The third kappa shape index (κ3) is 2.87. The van der Waals surface area contributed by atoms with Gasteiger partial charge in [0.2, 0.25) is 0 Å². The van der Waals surface area contributed by atoms with Crippen molar-refractivity contribution in [3.05, 3.63) is 70.4 Å². The second kappa shape index (κ2) is 6.59. The Labute approximate surface area is 157 Å². The average Bonchev–Trinajstić information content (AvgIpc) is 2.90. The number of fused-ring (bicyclic) bond motifs is 3. The minimum atomic E-state index is 0.471. The molecule has 0 radical (unpaired) electrons. The lowest BCUT2D eigenvalue weighted by atomic mass is 9.93. The van der Waals surface area contributed by atoms with Crippen LogP contribution in [0.3, 0.4) is 0 Å². The van der Waals surface area contributed by atoms with Crippen molar-refractivity contribution in [3.8, 4) is 0 Å². The van der Waals surface area contributed by atoms with Gasteiger partial charge in [-0.25, -0.2) is 0 Å². The summed E-state index contributed by atoms with van der Waals surface area (Å²) in [5.41, 5.74) is 8.64. The number of likely N-dealkylation sites (N-methyl/N-ethyl adjacent to an activating group) is 1. The van der Waals surface area contributed by atoms with Crippen molar-refractivity contribution in [3.63, 3.8) is 0 Å². The number of benzene rings is 2. The topological polar surface area (TPSA) is 8.17 Å². The summed E-state index contributed by atoms with van der Waals surface area (Å²) in [5.74, 6) is 0. The molecular weight excluding hydrogens is 316 g/mol. The van der Waals surface area contributed by atoms with E-state index in [0.29, 0.717) is 12.1 Å². The minimum absolute atomic E-state index is 0.471. The molecule has 0 amide bonds. The van der Waals surface area contributed by atoms with E-state index < -0.39 is 0 Å². The predicted octanol–water partition coefficient (Wildman–Crippen LogP) is 5.44. The van der Waals surface area contributed by atoms with E-state index >= 15 is 0 Å². The highest BCUT2D eigenvalue weighted by Gasteiger charge is 2.31.